The molecule has 1 aromatic heterocycles. The largest absolute Gasteiger partial charge is 0.357 e. The van der Waals surface area contributed by atoms with E-state index in [-0.39, 0.29) is 0 Å². The lowest BCUT2D eigenvalue weighted by molar-refractivity contribution is 0.452. The number of benzene rings is 2. The second kappa shape index (κ2) is 5.38. The van der Waals surface area contributed by atoms with Crippen molar-refractivity contribution in [1.29, 1.82) is 0 Å². The van der Waals surface area contributed by atoms with Crippen LogP contribution in [0.4, 0.5) is 0 Å². The Morgan fingerprint density at radius 1 is 1.00 bits per heavy atom. The number of hydrogen-bond acceptors (Lipinski definition) is 1. The van der Waals surface area contributed by atoms with E-state index in [9.17, 15) is 0 Å². The van der Waals surface area contributed by atoms with E-state index in [0.29, 0.717) is 6.04 Å². The number of aromatic nitrogens is 1. The van der Waals surface area contributed by atoms with E-state index in [0.717, 1.165) is 6.54 Å². The molecule has 0 saturated heterocycles. The quantitative estimate of drug-likeness (QED) is 0.732. The number of hydrogen-bond donors (Lipinski definition) is 2. The van der Waals surface area contributed by atoms with E-state index in [1.54, 1.807) is 0 Å². The van der Waals surface area contributed by atoms with Crippen LogP contribution in [-0.4, -0.2) is 4.98 Å². The third-order valence-corrected chi connectivity index (χ3v) is 4.51. The summed E-state index contributed by atoms with van der Waals surface area (Å²) in [6, 6.07) is 19.8. The first-order valence-electron chi connectivity index (χ1n) is 7.78. The second-order valence-electron chi connectivity index (χ2n) is 5.87. The zero-order valence-corrected chi connectivity index (χ0v) is 12.1. The topological polar surface area (TPSA) is 27.8 Å². The van der Waals surface area contributed by atoms with Gasteiger partial charge in [0.1, 0.15) is 0 Å². The van der Waals surface area contributed by atoms with E-state index < -0.39 is 0 Å². The van der Waals surface area contributed by atoms with Gasteiger partial charge >= 0.3 is 0 Å². The van der Waals surface area contributed by atoms with Crippen molar-refractivity contribution < 1.29 is 0 Å². The molecule has 2 aromatic carbocycles. The Hall–Kier alpha value is -2.06. The fourth-order valence-corrected chi connectivity index (χ4v) is 3.46. The van der Waals surface area contributed by atoms with Gasteiger partial charge < -0.3 is 10.3 Å². The van der Waals surface area contributed by atoms with Crippen LogP contribution in [0.15, 0.2) is 54.6 Å². The molecule has 2 heteroatoms. The van der Waals surface area contributed by atoms with Crippen LogP contribution < -0.4 is 5.32 Å². The smallest absolute Gasteiger partial charge is 0.0478 e. The number of aryl methyl sites for hydroxylation is 1. The van der Waals surface area contributed by atoms with E-state index >= 15 is 0 Å². The van der Waals surface area contributed by atoms with E-state index in [2.05, 4.69) is 64.9 Å². The molecule has 3 aromatic rings. The lowest BCUT2D eigenvalue weighted by Gasteiger charge is -2.24. The third-order valence-electron chi connectivity index (χ3n) is 4.51. The van der Waals surface area contributed by atoms with Gasteiger partial charge in [-0.2, -0.15) is 0 Å². The monoisotopic (exact) mass is 276 g/mol. The molecule has 2 nitrogen and oxygen atoms in total. The van der Waals surface area contributed by atoms with Crippen molar-refractivity contribution in [3.8, 4) is 0 Å². The SMILES string of the molecule is c1ccc(CNC2CCCc3c2[nH]c2ccccc32)cc1. The molecule has 1 aliphatic rings. The van der Waals surface area contributed by atoms with Crippen molar-refractivity contribution >= 4 is 10.9 Å². The molecule has 2 N–H and O–H groups in total. The van der Waals surface area contributed by atoms with Crippen LogP contribution >= 0.6 is 0 Å². The highest BCUT2D eigenvalue weighted by atomic mass is 14.9. The summed E-state index contributed by atoms with van der Waals surface area (Å²) in [6.07, 6.45) is 3.68. The molecule has 1 unspecified atom stereocenters. The van der Waals surface area contributed by atoms with Crippen LogP contribution in [0.1, 0.15) is 35.7 Å². The van der Waals surface area contributed by atoms with E-state index in [1.165, 1.54) is 47.0 Å². The van der Waals surface area contributed by atoms with Crippen molar-refractivity contribution in [3.63, 3.8) is 0 Å². The number of nitrogens with one attached hydrogen (secondary N) is 2. The molecule has 0 aliphatic heterocycles. The highest BCUT2D eigenvalue weighted by molar-refractivity contribution is 5.85. The number of H-pyrrole nitrogens is 1. The van der Waals surface area contributed by atoms with Gasteiger partial charge in [-0.1, -0.05) is 48.5 Å². The summed E-state index contributed by atoms with van der Waals surface area (Å²) in [5, 5.41) is 5.13. The van der Waals surface area contributed by atoms with Crippen LogP contribution in [0.5, 0.6) is 0 Å². The summed E-state index contributed by atoms with van der Waals surface area (Å²) in [5.74, 6) is 0. The Labute approximate surface area is 125 Å². The number of rotatable bonds is 3. The molecular formula is C19H20N2. The molecule has 0 amide bonds. The van der Waals surface area contributed by atoms with Crippen molar-refractivity contribution in [2.75, 3.05) is 0 Å². The van der Waals surface area contributed by atoms with Gasteiger partial charge in [0.25, 0.3) is 0 Å². The Balaban J connectivity index is 1.61. The first-order chi connectivity index (χ1) is 10.4. The summed E-state index contributed by atoms with van der Waals surface area (Å²) in [5.41, 5.74) is 5.54. The summed E-state index contributed by atoms with van der Waals surface area (Å²) in [6.45, 7) is 0.931. The maximum absolute atomic E-state index is 3.72. The van der Waals surface area contributed by atoms with Crippen LogP contribution in [0, 0.1) is 0 Å². The van der Waals surface area contributed by atoms with Gasteiger partial charge in [0.2, 0.25) is 0 Å². The summed E-state index contributed by atoms with van der Waals surface area (Å²) in [4.78, 5) is 3.64. The van der Waals surface area contributed by atoms with Crippen LogP contribution in [0.2, 0.25) is 0 Å². The van der Waals surface area contributed by atoms with Crippen molar-refractivity contribution in [1.82, 2.24) is 10.3 Å². The Morgan fingerprint density at radius 2 is 1.81 bits per heavy atom. The van der Waals surface area contributed by atoms with E-state index in [1.807, 2.05) is 0 Å². The minimum absolute atomic E-state index is 0.446. The molecule has 106 valence electrons. The van der Waals surface area contributed by atoms with Gasteiger partial charge in [0, 0.05) is 29.2 Å². The molecule has 0 fully saturated rings. The first kappa shape index (κ1) is 12.7. The molecule has 0 saturated carbocycles. The first-order valence-corrected chi connectivity index (χ1v) is 7.78. The van der Waals surface area contributed by atoms with Gasteiger partial charge in [0.15, 0.2) is 0 Å². The maximum Gasteiger partial charge on any atom is 0.0478 e. The molecule has 0 spiro atoms. The Kier molecular flexibility index (Phi) is 3.24. The predicted octanol–water partition coefficient (Wildman–Crippen LogP) is 4.34. The summed E-state index contributed by atoms with van der Waals surface area (Å²) < 4.78 is 0. The standard InChI is InChI=1S/C19H20N2/c1-2-7-14(8-3-1)13-20-18-12-6-10-16-15-9-4-5-11-17(15)21-19(16)18/h1-5,7-9,11,18,20-21H,6,10,12-13H2. The molecule has 0 radical (unpaired) electrons. The number of fused-ring (bicyclic) bond motifs is 3. The molecule has 4 rings (SSSR count). The van der Waals surface area contributed by atoms with Gasteiger partial charge in [-0.3, -0.25) is 0 Å². The van der Waals surface area contributed by atoms with Crippen molar-refractivity contribution in [3.05, 3.63) is 71.4 Å². The third kappa shape index (κ3) is 2.36. The van der Waals surface area contributed by atoms with Crippen LogP contribution in [-0.2, 0) is 13.0 Å². The molecule has 0 bridgehead atoms. The van der Waals surface area contributed by atoms with Crippen LogP contribution in [0.3, 0.4) is 0 Å². The summed E-state index contributed by atoms with van der Waals surface area (Å²) in [7, 11) is 0. The molecule has 1 atom stereocenters. The predicted molar refractivity (Wildman–Crippen MR) is 87.3 cm³/mol. The molecule has 1 heterocycles. The number of aromatic amines is 1. The highest BCUT2D eigenvalue weighted by Gasteiger charge is 2.23. The lowest BCUT2D eigenvalue weighted by Crippen LogP contribution is -2.24. The fourth-order valence-electron chi connectivity index (χ4n) is 3.46. The van der Waals surface area contributed by atoms with E-state index in [4.69, 9.17) is 0 Å². The minimum Gasteiger partial charge on any atom is -0.357 e. The van der Waals surface area contributed by atoms with Gasteiger partial charge in [-0.15, -0.1) is 0 Å². The highest BCUT2D eigenvalue weighted by Crippen LogP contribution is 2.34. The molecule has 21 heavy (non-hydrogen) atoms. The van der Waals surface area contributed by atoms with Crippen LogP contribution in [0.25, 0.3) is 10.9 Å². The average molecular weight is 276 g/mol. The van der Waals surface area contributed by atoms with Gasteiger partial charge in [-0.05, 0) is 36.5 Å². The number of para-hydroxylation sites is 1. The second-order valence-corrected chi connectivity index (χ2v) is 5.87. The summed E-state index contributed by atoms with van der Waals surface area (Å²) >= 11 is 0. The van der Waals surface area contributed by atoms with Crippen molar-refractivity contribution in [2.45, 2.75) is 31.8 Å². The minimum atomic E-state index is 0.446. The fraction of sp³-hybridized carbons (Fsp3) is 0.263. The van der Waals surface area contributed by atoms with Gasteiger partial charge in [0.05, 0.1) is 0 Å². The Bertz CT molecular complexity index is 743. The normalized spacial score (nSPS) is 17.8. The average Bonchev–Trinajstić information content (AvgIpc) is 2.93. The molecule has 1 aliphatic carbocycles. The molecular weight excluding hydrogens is 256 g/mol. The lowest BCUT2D eigenvalue weighted by atomic mass is 9.91. The van der Waals surface area contributed by atoms with Gasteiger partial charge in [-0.25, -0.2) is 0 Å². The Morgan fingerprint density at radius 3 is 2.71 bits per heavy atom. The zero-order valence-electron chi connectivity index (χ0n) is 12.1. The maximum atomic E-state index is 3.72. The van der Waals surface area contributed by atoms with Crippen molar-refractivity contribution in [2.24, 2.45) is 0 Å². The zero-order chi connectivity index (χ0) is 14.1.